The Morgan fingerprint density at radius 3 is 2.50 bits per heavy atom. The zero-order chi connectivity index (χ0) is 9.14. The zero-order valence-corrected chi connectivity index (χ0v) is 8.52. The summed E-state index contributed by atoms with van der Waals surface area (Å²) in [4.78, 5) is 0. The Kier molecular flexibility index (Phi) is 2.90. The lowest BCUT2D eigenvalue weighted by molar-refractivity contribution is 0.722. The molecule has 1 aromatic rings. The van der Waals surface area contributed by atoms with Crippen molar-refractivity contribution in [3.05, 3.63) is 17.0 Å². The molecule has 0 atom stereocenters. The predicted octanol–water partition coefficient (Wildman–Crippen LogP) is 2.24. The van der Waals surface area contributed by atoms with Gasteiger partial charge in [0.15, 0.2) is 0 Å². The fourth-order valence-corrected chi connectivity index (χ4v) is 1.58. The second-order valence-electron chi connectivity index (χ2n) is 3.24. The first-order chi connectivity index (χ1) is 5.70. The third kappa shape index (κ3) is 1.52. The smallest absolute Gasteiger partial charge is 0.0656 e. The van der Waals surface area contributed by atoms with Crippen molar-refractivity contribution < 1.29 is 0 Å². The van der Waals surface area contributed by atoms with Crippen LogP contribution in [0.4, 0.5) is 0 Å². The molecule has 0 saturated carbocycles. The number of hydrogen-bond donors (Lipinski definition) is 0. The Labute approximate surface area is 74.6 Å². The van der Waals surface area contributed by atoms with Crippen LogP contribution in [0.3, 0.4) is 0 Å². The molecule has 0 saturated heterocycles. The van der Waals surface area contributed by atoms with E-state index in [1.54, 1.807) is 0 Å². The highest BCUT2D eigenvalue weighted by Crippen LogP contribution is 2.15. The van der Waals surface area contributed by atoms with E-state index in [9.17, 15) is 0 Å². The van der Waals surface area contributed by atoms with E-state index >= 15 is 0 Å². The van der Waals surface area contributed by atoms with Crippen LogP contribution in [0, 0.1) is 6.92 Å². The van der Waals surface area contributed by atoms with Crippen molar-refractivity contribution >= 4 is 0 Å². The molecule has 0 bridgehead atoms. The number of hydrogen-bond acceptors (Lipinski definition) is 1. The molecule has 0 radical (unpaired) electrons. The summed E-state index contributed by atoms with van der Waals surface area (Å²) in [6.07, 6.45) is 3.43. The average Bonchev–Trinajstić information content (AvgIpc) is 2.33. The molecule has 1 aromatic heterocycles. The van der Waals surface area contributed by atoms with Gasteiger partial charge in [0.25, 0.3) is 0 Å². The highest BCUT2D eigenvalue weighted by Gasteiger charge is 2.09. The van der Waals surface area contributed by atoms with E-state index in [4.69, 9.17) is 0 Å². The van der Waals surface area contributed by atoms with Crippen LogP contribution < -0.4 is 0 Å². The summed E-state index contributed by atoms with van der Waals surface area (Å²) < 4.78 is 1.99. The second kappa shape index (κ2) is 3.74. The highest BCUT2D eigenvalue weighted by atomic mass is 15.3. The Morgan fingerprint density at radius 1 is 1.33 bits per heavy atom. The van der Waals surface area contributed by atoms with E-state index in [0.717, 1.165) is 6.42 Å². The van der Waals surface area contributed by atoms with Crippen LogP contribution in [0.1, 0.15) is 37.2 Å². The molecule has 2 heteroatoms. The Hall–Kier alpha value is -0.790. The molecule has 68 valence electrons. The van der Waals surface area contributed by atoms with Crippen molar-refractivity contribution in [1.82, 2.24) is 9.78 Å². The van der Waals surface area contributed by atoms with Crippen LogP contribution in [0.25, 0.3) is 0 Å². The number of aromatic nitrogens is 2. The number of nitrogens with zero attached hydrogens (tertiary/aromatic N) is 2. The standard InChI is InChI=1S/C10H18N2/c1-5-7-9-8(3)12(4)11-10(9)6-2/h5-7H2,1-4H3. The lowest BCUT2D eigenvalue weighted by Crippen LogP contribution is -1.93. The molecule has 0 aliphatic heterocycles. The topological polar surface area (TPSA) is 17.8 Å². The van der Waals surface area contributed by atoms with Crippen LogP contribution >= 0.6 is 0 Å². The molecule has 0 N–H and O–H groups in total. The third-order valence-corrected chi connectivity index (χ3v) is 2.38. The molecule has 0 amide bonds. The van der Waals surface area contributed by atoms with Gasteiger partial charge in [0, 0.05) is 12.7 Å². The van der Waals surface area contributed by atoms with E-state index in [-0.39, 0.29) is 0 Å². The van der Waals surface area contributed by atoms with E-state index in [2.05, 4.69) is 25.9 Å². The van der Waals surface area contributed by atoms with Gasteiger partial charge in [-0.3, -0.25) is 4.68 Å². The van der Waals surface area contributed by atoms with Gasteiger partial charge < -0.3 is 0 Å². The van der Waals surface area contributed by atoms with Gasteiger partial charge in [-0.25, -0.2) is 0 Å². The summed E-state index contributed by atoms with van der Waals surface area (Å²) in [6, 6.07) is 0. The monoisotopic (exact) mass is 166 g/mol. The van der Waals surface area contributed by atoms with Crippen molar-refractivity contribution in [2.75, 3.05) is 0 Å². The molecule has 0 aliphatic rings. The van der Waals surface area contributed by atoms with Gasteiger partial charge in [-0.15, -0.1) is 0 Å². The molecule has 0 unspecified atom stereocenters. The zero-order valence-electron chi connectivity index (χ0n) is 8.52. The minimum Gasteiger partial charge on any atom is -0.272 e. The molecule has 0 spiro atoms. The fraction of sp³-hybridized carbons (Fsp3) is 0.700. The van der Waals surface area contributed by atoms with Crippen LogP contribution in [0.15, 0.2) is 0 Å². The molecule has 12 heavy (non-hydrogen) atoms. The first-order valence-electron chi connectivity index (χ1n) is 4.72. The highest BCUT2D eigenvalue weighted by molar-refractivity contribution is 5.25. The molecule has 2 nitrogen and oxygen atoms in total. The summed E-state index contributed by atoms with van der Waals surface area (Å²) >= 11 is 0. The van der Waals surface area contributed by atoms with Crippen molar-refractivity contribution in [3.63, 3.8) is 0 Å². The molecular weight excluding hydrogens is 148 g/mol. The van der Waals surface area contributed by atoms with Gasteiger partial charge >= 0.3 is 0 Å². The van der Waals surface area contributed by atoms with Gasteiger partial charge in [0.1, 0.15) is 0 Å². The van der Waals surface area contributed by atoms with Gasteiger partial charge in [0.05, 0.1) is 5.69 Å². The number of aryl methyl sites for hydroxylation is 2. The molecule has 1 rings (SSSR count). The third-order valence-electron chi connectivity index (χ3n) is 2.38. The predicted molar refractivity (Wildman–Crippen MR) is 51.3 cm³/mol. The summed E-state index contributed by atoms with van der Waals surface area (Å²) in [5.41, 5.74) is 4.06. The Morgan fingerprint density at radius 2 is 2.00 bits per heavy atom. The lowest BCUT2D eigenvalue weighted by Gasteiger charge is -1.98. The van der Waals surface area contributed by atoms with Crippen molar-refractivity contribution in [2.24, 2.45) is 7.05 Å². The van der Waals surface area contributed by atoms with Crippen LogP contribution in [-0.2, 0) is 19.9 Å². The minimum absolute atomic E-state index is 1.05. The van der Waals surface area contributed by atoms with E-state index in [1.807, 2.05) is 11.7 Å². The normalized spacial score (nSPS) is 10.7. The quantitative estimate of drug-likeness (QED) is 0.673. The van der Waals surface area contributed by atoms with Crippen molar-refractivity contribution in [1.29, 1.82) is 0 Å². The van der Waals surface area contributed by atoms with Crippen molar-refractivity contribution in [3.8, 4) is 0 Å². The summed E-state index contributed by atoms with van der Waals surface area (Å²) in [5, 5.41) is 4.46. The summed E-state index contributed by atoms with van der Waals surface area (Å²) in [5.74, 6) is 0. The van der Waals surface area contributed by atoms with Gasteiger partial charge in [0.2, 0.25) is 0 Å². The Balaban J connectivity index is 3.03. The molecule has 0 aliphatic carbocycles. The maximum absolute atomic E-state index is 4.46. The fourth-order valence-electron chi connectivity index (χ4n) is 1.58. The minimum atomic E-state index is 1.05. The first-order valence-corrected chi connectivity index (χ1v) is 4.72. The summed E-state index contributed by atoms with van der Waals surface area (Å²) in [6.45, 7) is 6.53. The van der Waals surface area contributed by atoms with Crippen LogP contribution in [0.2, 0.25) is 0 Å². The molecular formula is C10H18N2. The first kappa shape index (κ1) is 9.30. The van der Waals surface area contributed by atoms with E-state index in [1.165, 1.54) is 29.8 Å². The maximum atomic E-state index is 4.46. The molecule has 1 heterocycles. The van der Waals surface area contributed by atoms with Crippen LogP contribution in [-0.4, -0.2) is 9.78 Å². The van der Waals surface area contributed by atoms with Crippen molar-refractivity contribution in [2.45, 2.75) is 40.0 Å². The SMILES string of the molecule is CCCc1c(CC)nn(C)c1C. The van der Waals surface area contributed by atoms with Crippen LogP contribution in [0.5, 0.6) is 0 Å². The van der Waals surface area contributed by atoms with Gasteiger partial charge in [-0.05, 0) is 25.3 Å². The molecule has 0 fully saturated rings. The summed E-state index contributed by atoms with van der Waals surface area (Å²) in [7, 11) is 2.02. The van der Waals surface area contributed by atoms with E-state index in [0.29, 0.717) is 0 Å². The second-order valence-corrected chi connectivity index (χ2v) is 3.24. The largest absolute Gasteiger partial charge is 0.272 e. The Bertz CT molecular complexity index is 261. The van der Waals surface area contributed by atoms with Gasteiger partial charge in [-0.1, -0.05) is 20.3 Å². The van der Waals surface area contributed by atoms with E-state index < -0.39 is 0 Å². The maximum Gasteiger partial charge on any atom is 0.0656 e. The lowest BCUT2D eigenvalue weighted by atomic mass is 10.1. The molecule has 0 aromatic carbocycles. The van der Waals surface area contributed by atoms with Gasteiger partial charge in [-0.2, -0.15) is 5.10 Å². The number of rotatable bonds is 3. The average molecular weight is 166 g/mol.